The molecule has 0 unspecified atom stereocenters. The molecule has 0 amide bonds. The Labute approximate surface area is 177 Å². The highest BCUT2D eigenvalue weighted by Crippen LogP contribution is 2.27. The van der Waals surface area contributed by atoms with Crippen LogP contribution in [0.2, 0.25) is 0 Å². The van der Waals surface area contributed by atoms with Gasteiger partial charge in [0.1, 0.15) is 18.6 Å². The molecule has 0 bridgehead atoms. The summed E-state index contributed by atoms with van der Waals surface area (Å²) in [5.74, 6) is -0.0452. The number of hydrogen-bond donors (Lipinski definition) is 1. The van der Waals surface area contributed by atoms with E-state index in [9.17, 15) is 26.4 Å². The van der Waals surface area contributed by atoms with Crippen LogP contribution >= 0.6 is 0 Å². The normalized spacial score (nSPS) is 12.1. The molecule has 10 heteroatoms. The highest BCUT2D eigenvalue weighted by atomic mass is 32.2. The van der Waals surface area contributed by atoms with Gasteiger partial charge < -0.3 is 4.42 Å². The number of nitrogens with zero attached hydrogens (tertiary/aromatic N) is 1. The van der Waals surface area contributed by atoms with Crippen molar-refractivity contribution < 1.29 is 30.8 Å². The lowest BCUT2D eigenvalue weighted by atomic mass is 9.96. The smallest absolute Gasteiger partial charge is 0.402 e. The number of ketones is 1. The Bertz CT molecular complexity index is 1170. The van der Waals surface area contributed by atoms with E-state index in [4.69, 9.17) is 4.42 Å². The lowest BCUT2D eigenvalue weighted by Gasteiger charge is -2.13. The molecule has 0 aliphatic heterocycles. The molecule has 164 valence electrons. The number of Topliss-reactive ketones (excluding diaryl/α,β-unsaturated/α-hetero) is 1. The largest absolute Gasteiger partial charge is 0.448 e. The lowest BCUT2D eigenvalue weighted by Crippen LogP contribution is -2.33. The molecule has 1 N–H and O–H groups in total. The fourth-order valence-electron chi connectivity index (χ4n) is 2.97. The minimum absolute atomic E-state index is 0.0919. The first-order chi connectivity index (χ1) is 14.5. The Hall–Kier alpha value is -2.98. The molecule has 0 saturated carbocycles. The van der Waals surface area contributed by atoms with Gasteiger partial charge in [-0.15, -0.1) is 0 Å². The number of carbonyl (C=O) groups excluding carboxylic acids is 1. The summed E-state index contributed by atoms with van der Waals surface area (Å²) in [6, 6.07) is 12.9. The van der Waals surface area contributed by atoms with Crippen LogP contribution in [0.1, 0.15) is 17.1 Å². The van der Waals surface area contributed by atoms with E-state index in [0.29, 0.717) is 16.8 Å². The van der Waals surface area contributed by atoms with Crippen LogP contribution < -0.4 is 4.72 Å². The topological polar surface area (TPSA) is 89.3 Å². The van der Waals surface area contributed by atoms with Gasteiger partial charge in [-0.2, -0.15) is 13.2 Å². The molecule has 0 aliphatic carbocycles. The summed E-state index contributed by atoms with van der Waals surface area (Å²) in [5, 5.41) is 0. The number of oxazole rings is 1. The molecule has 6 nitrogen and oxygen atoms in total. The van der Waals surface area contributed by atoms with Crippen LogP contribution in [-0.4, -0.2) is 31.9 Å². The number of hydrogen-bond acceptors (Lipinski definition) is 5. The number of rotatable bonds is 8. The van der Waals surface area contributed by atoms with E-state index in [0.717, 1.165) is 5.56 Å². The molecule has 3 aromatic rings. The summed E-state index contributed by atoms with van der Waals surface area (Å²) < 4.78 is 68.8. The number of nitrogens with one attached hydrogen (secondary N) is 1. The van der Waals surface area contributed by atoms with E-state index < -0.39 is 22.7 Å². The summed E-state index contributed by atoms with van der Waals surface area (Å²) in [4.78, 5) is 16.3. The maximum Gasteiger partial charge on any atom is 0.402 e. The van der Waals surface area contributed by atoms with Crippen molar-refractivity contribution in [2.45, 2.75) is 30.8 Å². The van der Waals surface area contributed by atoms with Gasteiger partial charge >= 0.3 is 6.18 Å². The number of alkyl halides is 3. The van der Waals surface area contributed by atoms with Gasteiger partial charge in [0.05, 0.1) is 17.0 Å². The molecule has 0 saturated heterocycles. The Morgan fingerprint density at radius 3 is 2.42 bits per heavy atom. The molecular formula is C21H19F3N2O4S. The average molecular weight is 452 g/mol. The fourth-order valence-corrected chi connectivity index (χ4v) is 4.04. The number of aryl methyl sites for hydroxylation is 1. The molecule has 3 rings (SSSR count). The fraction of sp³-hybridized carbons (Fsp3) is 0.238. The second kappa shape index (κ2) is 9.03. The van der Waals surface area contributed by atoms with Crippen LogP contribution in [0.15, 0.2) is 64.1 Å². The molecule has 1 heterocycles. The van der Waals surface area contributed by atoms with Gasteiger partial charge in [-0.25, -0.2) is 18.1 Å². The maximum atomic E-state index is 12.6. The molecule has 0 radical (unpaired) electrons. The third-order valence-electron chi connectivity index (χ3n) is 4.34. The van der Waals surface area contributed by atoms with E-state index in [2.05, 4.69) is 4.98 Å². The standard InChI is InChI=1S/C21H19F3N2O4S/c1-14-12-30-20(26-14)11-17(27)9-16-10-18(31(28,29)25-13-21(22,23)24)7-8-19(16)15-5-3-2-4-6-15/h2-8,10,12,25H,9,11,13H2,1H3. The molecule has 2 aromatic carbocycles. The summed E-state index contributed by atoms with van der Waals surface area (Å²) in [5.41, 5.74) is 2.34. The first kappa shape index (κ1) is 22.7. The van der Waals surface area contributed by atoms with Crippen molar-refractivity contribution in [3.63, 3.8) is 0 Å². The first-order valence-corrected chi connectivity index (χ1v) is 10.7. The van der Waals surface area contributed by atoms with Crippen LogP contribution in [0.3, 0.4) is 0 Å². The second-order valence-electron chi connectivity index (χ2n) is 6.90. The Kier molecular flexibility index (Phi) is 6.61. The highest BCUT2D eigenvalue weighted by Gasteiger charge is 2.30. The van der Waals surface area contributed by atoms with Gasteiger partial charge in [-0.1, -0.05) is 36.4 Å². The lowest BCUT2D eigenvalue weighted by molar-refractivity contribution is -0.121. The van der Waals surface area contributed by atoms with Crippen LogP contribution in [0, 0.1) is 6.92 Å². The van der Waals surface area contributed by atoms with Gasteiger partial charge in [0.15, 0.2) is 0 Å². The molecule has 1 aromatic heterocycles. The third kappa shape index (κ3) is 6.25. The second-order valence-corrected chi connectivity index (χ2v) is 8.67. The van der Waals surface area contributed by atoms with Gasteiger partial charge in [-0.05, 0) is 35.7 Å². The van der Waals surface area contributed by atoms with E-state index in [-0.39, 0.29) is 29.4 Å². The third-order valence-corrected chi connectivity index (χ3v) is 5.74. The number of sulfonamides is 1. The van der Waals surface area contributed by atoms with Crippen molar-refractivity contribution in [2.24, 2.45) is 0 Å². The average Bonchev–Trinajstić information content (AvgIpc) is 3.11. The summed E-state index contributed by atoms with van der Waals surface area (Å²) in [6.07, 6.45) is -3.51. The van der Waals surface area contributed by atoms with Crippen LogP contribution in [0.25, 0.3) is 11.1 Å². The Morgan fingerprint density at radius 2 is 1.81 bits per heavy atom. The van der Waals surface area contributed by atoms with Crippen LogP contribution in [0.5, 0.6) is 0 Å². The first-order valence-electron chi connectivity index (χ1n) is 9.21. The van der Waals surface area contributed by atoms with Gasteiger partial charge in [0.2, 0.25) is 15.9 Å². The van der Waals surface area contributed by atoms with E-state index >= 15 is 0 Å². The minimum Gasteiger partial charge on any atom is -0.448 e. The maximum absolute atomic E-state index is 12.6. The van der Waals surface area contributed by atoms with Crippen molar-refractivity contribution in [2.75, 3.05) is 6.54 Å². The number of carbonyl (C=O) groups is 1. The summed E-state index contributed by atoms with van der Waals surface area (Å²) in [6.45, 7) is 0.0286. The Morgan fingerprint density at radius 1 is 1.10 bits per heavy atom. The van der Waals surface area contributed by atoms with Crippen LogP contribution in [0.4, 0.5) is 13.2 Å². The molecule has 0 aliphatic rings. The summed E-state index contributed by atoms with van der Waals surface area (Å²) in [7, 11) is -4.42. The van der Waals surface area contributed by atoms with Crippen molar-refractivity contribution in [3.05, 3.63) is 71.9 Å². The summed E-state index contributed by atoms with van der Waals surface area (Å²) >= 11 is 0. The number of halogens is 3. The molecule has 0 fully saturated rings. The zero-order valence-corrected chi connectivity index (χ0v) is 17.3. The predicted octanol–water partition coefficient (Wildman–Crippen LogP) is 3.84. The SMILES string of the molecule is Cc1coc(CC(=O)Cc2cc(S(=O)(=O)NCC(F)(F)F)ccc2-c2ccccc2)n1. The quantitative estimate of drug-likeness (QED) is 0.561. The van der Waals surface area contributed by atoms with Crippen molar-refractivity contribution >= 4 is 15.8 Å². The number of benzene rings is 2. The van der Waals surface area contributed by atoms with Crippen LogP contribution in [-0.2, 0) is 27.7 Å². The van der Waals surface area contributed by atoms with Crippen molar-refractivity contribution in [1.29, 1.82) is 0 Å². The van der Waals surface area contributed by atoms with E-state index in [1.165, 1.54) is 29.2 Å². The number of aromatic nitrogens is 1. The monoisotopic (exact) mass is 452 g/mol. The zero-order chi connectivity index (χ0) is 22.6. The zero-order valence-electron chi connectivity index (χ0n) is 16.4. The van der Waals surface area contributed by atoms with Crippen molar-refractivity contribution in [1.82, 2.24) is 9.71 Å². The molecular weight excluding hydrogens is 433 g/mol. The van der Waals surface area contributed by atoms with Gasteiger partial charge in [-0.3, -0.25) is 4.79 Å². The molecule has 0 atom stereocenters. The van der Waals surface area contributed by atoms with E-state index in [1.807, 2.05) is 0 Å². The van der Waals surface area contributed by atoms with E-state index in [1.54, 1.807) is 37.3 Å². The Balaban J connectivity index is 1.93. The highest BCUT2D eigenvalue weighted by molar-refractivity contribution is 7.89. The predicted molar refractivity (Wildman–Crippen MR) is 107 cm³/mol. The molecule has 31 heavy (non-hydrogen) atoms. The van der Waals surface area contributed by atoms with Gasteiger partial charge in [0, 0.05) is 6.42 Å². The van der Waals surface area contributed by atoms with Gasteiger partial charge in [0.25, 0.3) is 0 Å². The molecule has 0 spiro atoms. The minimum atomic E-state index is -4.69. The van der Waals surface area contributed by atoms with Crippen molar-refractivity contribution in [3.8, 4) is 11.1 Å².